The van der Waals surface area contributed by atoms with E-state index in [1.807, 2.05) is 26.0 Å². The van der Waals surface area contributed by atoms with Crippen LogP contribution in [0.3, 0.4) is 0 Å². The zero-order valence-corrected chi connectivity index (χ0v) is 22.8. The Bertz CT molecular complexity index is 1280. The summed E-state index contributed by atoms with van der Waals surface area (Å²) in [5.41, 5.74) is 10.7. The summed E-state index contributed by atoms with van der Waals surface area (Å²) in [5, 5.41) is 3.43. The highest BCUT2D eigenvalue weighted by atomic mass is 19.1. The van der Waals surface area contributed by atoms with Crippen molar-refractivity contribution in [1.82, 2.24) is 0 Å². The third-order valence-electron chi connectivity index (χ3n) is 6.40. The number of benzene rings is 3. The van der Waals surface area contributed by atoms with E-state index in [1.54, 1.807) is 13.2 Å². The molecule has 0 aliphatic rings. The van der Waals surface area contributed by atoms with E-state index in [0.29, 0.717) is 6.61 Å². The molecule has 4 heteroatoms. The molecule has 0 saturated carbocycles. The Kier molecular flexibility index (Phi) is 8.98. The fourth-order valence-corrected chi connectivity index (χ4v) is 4.36. The van der Waals surface area contributed by atoms with Gasteiger partial charge in [0.25, 0.3) is 0 Å². The monoisotopic (exact) mass is 487 g/mol. The summed E-state index contributed by atoms with van der Waals surface area (Å²) in [6.07, 6.45) is 4.09. The maximum atomic E-state index is 14.9. The molecule has 3 aromatic carbocycles. The van der Waals surface area contributed by atoms with Crippen molar-refractivity contribution in [3.8, 4) is 33.8 Å². The lowest BCUT2D eigenvalue weighted by Gasteiger charge is -2.22. The topological polar surface area (TPSA) is 30.5 Å². The standard InChI is InChI=1S/C32H38FNO2/c1-20(2)15-17-34-27-12-9-25(10-13-27)30-22(5)23(6)31(32(35-8)24(30)7)26-11-14-29(28(33)19-26)36-18-16-21(3)4/h9-16,19,34H,17-18H2,1-8H3. The van der Waals surface area contributed by atoms with E-state index in [9.17, 15) is 4.39 Å². The van der Waals surface area contributed by atoms with Crippen LogP contribution >= 0.6 is 0 Å². The number of halogens is 1. The summed E-state index contributed by atoms with van der Waals surface area (Å²) in [7, 11) is 1.67. The van der Waals surface area contributed by atoms with Crippen molar-refractivity contribution in [2.45, 2.75) is 48.5 Å². The molecule has 3 aromatic rings. The Balaban J connectivity index is 1.99. The molecule has 36 heavy (non-hydrogen) atoms. The van der Waals surface area contributed by atoms with Gasteiger partial charge in [0.2, 0.25) is 0 Å². The Hall–Kier alpha value is -3.53. The van der Waals surface area contributed by atoms with E-state index in [4.69, 9.17) is 9.47 Å². The van der Waals surface area contributed by atoms with E-state index in [1.165, 1.54) is 11.6 Å². The molecule has 0 radical (unpaired) electrons. The maximum Gasteiger partial charge on any atom is 0.165 e. The van der Waals surface area contributed by atoms with Gasteiger partial charge in [-0.25, -0.2) is 4.39 Å². The highest BCUT2D eigenvalue weighted by molar-refractivity contribution is 5.86. The van der Waals surface area contributed by atoms with Crippen molar-refractivity contribution in [3.05, 3.63) is 88.3 Å². The summed E-state index contributed by atoms with van der Waals surface area (Å²) in [4.78, 5) is 0. The minimum absolute atomic E-state index is 0.247. The van der Waals surface area contributed by atoms with Gasteiger partial charge in [-0.2, -0.15) is 0 Å². The molecule has 0 aliphatic heterocycles. The minimum Gasteiger partial charge on any atom is -0.496 e. The number of rotatable bonds is 9. The van der Waals surface area contributed by atoms with Crippen molar-refractivity contribution < 1.29 is 13.9 Å². The zero-order valence-electron chi connectivity index (χ0n) is 22.8. The van der Waals surface area contributed by atoms with Gasteiger partial charge in [-0.3, -0.25) is 0 Å². The summed E-state index contributed by atoms with van der Waals surface area (Å²) < 4.78 is 26.5. The normalized spacial score (nSPS) is 10.6. The number of anilines is 1. The number of nitrogens with one attached hydrogen (secondary N) is 1. The molecule has 0 amide bonds. The first-order valence-electron chi connectivity index (χ1n) is 12.4. The number of ether oxygens (including phenoxy) is 2. The van der Waals surface area contributed by atoms with Crippen LogP contribution in [0.1, 0.15) is 44.4 Å². The van der Waals surface area contributed by atoms with Crippen molar-refractivity contribution >= 4 is 5.69 Å². The second-order valence-corrected chi connectivity index (χ2v) is 9.64. The molecule has 0 fully saturated rings. The molecule has 0 saturated heterocycles. The Morgan fingerprint density at radius 1 is 0.806 bits per heavy atom. The quantitative estimate of drug-likeness (QED) is 0.306. The summed E-state index contributed by atoms with van der Waals surface area (Å²) in [5.74, 6) is 0.624. The lowest BCUT2D eigenvalue weighted by atomic mass is 9.86. The maximum absolute atomic E-state index is 14.9. The molecule has 0 heterocycles. The minimum atomic E-state index is -0.383. The molecular weight excluding hydrogens is 449 g/mol. The Labute approximate surface area is 215 Å². The molecular formula is C32H38FNO2. The van der Waals surface area contributed by atoms with Gasteiger partial charge in [-0.1, -0.05) is 35.4 Å². The first kappa shape index (κ1) is 27.1. The highest BCUT2D eigenvalue weighted by Gasteiger charge is 2.21. The number of methoxy groups -OCH3 is 1. The van der Waals surface area contributed by atoms with E-state index in [-0.39, 0.29) is 11.6 Å². The second-order valence-electron chi connectivity index (χ2n) is 9.64. The van der Waals surface area contributed by atoms with Crippen LogP contribution in [0.2, 0.25) is 0 Å². The summed E-state index contributed by atoms with van der Waals surface area (Å²) >= 11 is 0. The van der Waals surface area contributed by atoms with E-state index in [0.717, 1.165) is 62.5 Å². The average Bonchev–Trinajstić information content (AvgIpc) is 2.83. The van der Waals surface area contributed by atoms with Crippen LogP contribution in [0, 0.1) is 26.6 Å². The van der Waals surface area contributed by atoms with Crippen LogP contribution in [0.25, 0.3) is 22.3 Å². The van der Waals surface area contributed by atoms with Crippen molar-refractivity contribution in [2.24, 2.45) is 0 Å². The third kappa shape index (κ3) is 6.17. The first-order chi connectivity index (χ1) is 17.1. The Morgan fingerprint density at radius 2 is 1.42 bits per heavy atom. The molecule has 0 spiro atoms. The van der Waals surface area contributed by atoms with Crippen LogP contribution < -0.4 is 14.8 Å². The molecule has 0 atom stereocenters. The van der Waals surface area contributed by atoms with Gasteiger partial charge in [0.1, 0.15) is 12.4 Å². The molecule has 0 aromatic heterocycles. The van der Waals surface area contributed by atoms with Gasteiger partial charge < -0.3 is 14.8 Å². The summed E-state index contributed by atoms with van der Waals surface area (Å²) in [6.45, 7) is 15.6. The highest BCUT2D eigenvalue weighted by Crippen LogP contribution is 2.44. The first-order valence-corrected chi connectivity index (χ1v) is 12.4. The lowest BCUT2D eigenvalue weighted by Crippen LogP contribution is -2.02. The second kappa shape index (κ2) is 11.9. The average molecular weight is 488 g/mol. The van der Waals surface area contributed by atoms with Crippen LogP contribution in [0.4, 0.5) is 10.1 Å². The Morgan fingerprint density at radius 3 is 2.00 bits per heavy atom. The van der Waals surface area contributed by atoms with E-state index < -0.39 is 0 Å². The van der Waals surface area contributed by atoms with Crippen LogP contribution in [0.5, 0.6) is 11.5 Å². The fraction of sp³-hybridized carbons (Fsp3) is 0.312. The number of hydrogen-bond acceptors (Lipinski definition) is 3. The predicted octanol–water partition coefficient (Wildman–Crippen LogP) is 8.82. The van der Waals surface area contributed by atoms with E-state index >= 15 is 0 Å². The molecule has 1 N–H and O–H groups in total. The molecule has 0 bridgehead atoms. The number of allylic oxidation sites excluding steroid dienone is 2. The summed E-state index contributed by atoms with van der Waals surface area (Å²) in [6, 6.07) is 13.6. The SMILES string of the molecule is COc1c(C)c(-c2ccc(NCC=C(C)C)cc2)c(C)c(C)c1-c1ccc(OCC=C(C)C)c(F)c1. The molecule has 0 aliphatic carbocycles. The van der Waals surface area contributed by atoms with Gasteiger partial charge in [0, 0.05) is 17.8 Å². The van der Waals surface area contributed by atoms with Crippen LogP contribution in [-0.4, -0.2) is 20.3 Å². The van der Waals surface area contributed by atoms with Crippen molar-refractivity contribution in [3.63, 3.8) is 0 Å². The smallest absolute Gasteiger partial charge is 0.165 e. The largest absolute Gasteiger partial charge is 0.496 e. The lowest BCUT2D eigenvalue weighted by molar-refractivity contribution is 0.341. The molecule has 0 unspecified atom stereocenters. The van der Waals surface area contributed by atoms with Gasteiger partial charge >= 0.3 is 0 Å². The molecule has 3 rings (SSSR count). The van der Waals surface area contributed by atoms with Gasteiger partial charge in [0.15, 0.2) is 11.6 Å². The van der Waals surface area contributed by atoms with Gasteiger partial charge in [0.05, 0.1) is 7.11 Å². The fourth-order valence-electron chi connectivity index (χ4n) is 4.36. The predicted molar refractivity (Wildman–Crippen MR) is 151 cm³/mol. The van der Waals surface area contributed by atoms with Crippen LogP contribution in [-0.2, 0) is 0 Å². The van der Waals surface area contributed by atoms with Crippen molar-refractivity contribution in [1.29, 1.82) is 0 Å². The zero-order chi connectivity index (χ0) is 26.4. The van der Waals surface area contributed by atoms with Gasteiger partial charge in [-0.05, 0) is 112 Å². The van der Waals surface area contributed by atoms with E-state index in [2.05, 4.69) is 70.3 Å². The van der Waals surface area contributed by atoms with Gasteiger partial charge in [-0.15, -0.1) is 0 Å². The molecule has 3 nitrogen and oxygen atoms in total. The third-order valence-corrected chi connectivity index (χ3v) is 6.40. The van der Waals surface area contributed by atoms with Crippen LogP contribution in [0.15, 0.2) is 65.8 Å². The number of hydrogen-bond donors (Lipinski definition) is 1. The molecule has 190 valence electrons. The van der Waals surface area contributed by atoms with Crippen molar-refractivity contribution in [2.75, 3.05) is 25.6 Å².